The Morgan fingerprint density at radius 3 is 2.83 bits per heavy atom. The van der Waals surface area contributed by atoms with Crippen LogP contribution in [0.4, 0.5) is 5.69 Å². The Balaban J connectivity index is 2.05. The highest BCUT2D eigenvalue weighted by atomic mass is 16.2. The predicted molar refractivity (Wildman–Crippen MR) is 91.7 cm³/mol. The molecule has 0 bridgehead atoms. The van der Waals surface area contributed by atoms with Gasteiger partial charge in [0.15, 0.2) is 0 Å². The molecule has 2 amide bonds. The van der Waals surface area contributed by atoms with E-state index < -0.39 is 0 Å². The fourth-order valence-corrected chi connectivity index (χ4v) is 2.89. The van der Waals surface area contributed by atoms with Crippen molar-refractivity contribution in [1.82, 2.24) is 4.90 Å². The molecular weight excluding hydrogens is 290 g/mol. The number of likely N-dealkylation sites (tertiary alicyclic amines) is 1. The minimum Gasteiger partial charge on any atom is -0.369 e. The van der Waals surface area contributed by atoms with Crippen molar-refractivity contribution in [2.45, 2.75) is 39.7 Å². The number of hydrogen-bond donors (Lipinski definition) is 2. The van der Waals surface area contributed by atoms with Crippen molar-refractivity contribution in [2.75, 3.05) is 18.4 Å². The van der Waals surface area contributed by atoms with Gasteiger partial charge in [-0.25, -0.2) is 0 Å². The van der Waals surface area contributed by atoms with Crippen LogP contribution in [0.5, 0.6) is 0 Å². The lowest BCUT2D eigenvalue weighted by Gasteiger charge is -2.31. The molecule has 1 aliphatic heterocycles. The van der Waals surface area contributed by atoms with Crippen molar-refractivity contribution in [3.63, 3.8) is 0 Å². The molecule has 3 N–H and O–H groups in total. The maximum absolute atomic E-state index is 12.1. The number of piperidine rings is 1. The monoisotopic (exact) mass is 317 g/mol. The van der Waals surface area contributed by atoms with E-state index in [1.165, 1.54) is 0 Å². The number of anilines is 1. The number of hydrogen-bond acceptors (Lipinski definition) is 3. The Morgan fingerprint density at radius 1 is 1.39 bits per heavy atom. The summed E-state index contributed by atoms with van der Waals surface area (Å²) >= 11 is 0. The third-order valence-electron chi connectivity index (χ3n) is 4.64. The van der Waals surface area contributed by atoms with Crippen LogP contribution in [0.1, 0.15) is 38.7 Å². The lowest BCUT2D eigenvalue weighted by Crippen LogP contribution is -2.40. The average molecular weight is 317 g/mol. The zero-order valence-corrected chi connectivity index (χ0v) is 14.0. The molecule has 1 fully saturated rings. The van der Waals surface area contributed by atoms with Gasteiger partial charge in [0.1, 0.15) is 0 Å². The van der Waals surface area contributed by atoms with Crippen LogP contribution in [0.2, 0.25) is 0 Å². The first-order chi connectivity index (χ1) is 11.0. The molecule has 1 heterocycles. The maximum Gasteiger partial charge on any atom is 0.227 e. The highest BCUT2D eigenvalue weighted by molar-refractivity contribution is 5.93. The normalized spacial score (nSPS) is 20.0. The van der Waals surface area contributed by atoms with E-state index in [1.807, 2.05) is 38.1 Å². The minimum atomic E-state index is -0.215. The third kappa shape index (κ3) is 4.79. The van der Waals surface area contributed by atoms with Crippen molar-refractivity contribution in [1.29, 1.82) is 0 Å². The minimum absolute atomic E-state index is 0.00251. The third-order valence-corrected chi connectivity index (χ3v) is 4.64. The maximum atomic E-state index is 12.1. The fourth-order valence-electron chi connectivity index (χ4n) is 2.89. The molecular formula is C18H27N3O2. The van der Waals surface area contributed by atoms with E-state index in [1.54, 1.807) is 0 Å². The van der Waals surface area contributed by atoms with Crippen molar-refractivity contribution in [3.8, 4) is 0 Å². The molecule has 23 heavy (non-hydrogen) atoms. The number of nitrogens with one attached hydrogen (secondary N) is 1. The van der Waals surface area contributed by atoms with E-state index in [0.717, 1.165) is 43.6 Å². The molecule has 2 atom stereocenters. The van der Waals surface area contributed by atoms with Crippen molar-refractivity contribution < 1.29 is 9.59 Å². The standard InChI is InChI=1S/C18H27N3O2/c1-3-13(2)18(23)20-16-9-5-4-7-14(16)11-21-10-6-8-15(12-21)17(19)22/h4-5,7,9,13,15H,3,6,8,10-12H2,1-2H3,(H2,19,22)(H,20,23)/t13-,15+/m0/s1. The first kappa shape index (κ1) is 17.5. The molecule has 1 aromatic rings. The molecule has 1 saturated heterocycles. The van der Waals surface area contributed by atoms with Crippen molar-refractivity contribution in [2.24, 2.45) is 17.6 Å². The van der Waals surface area contributed by atoms with Gasteiger partial charge in [-0.05, 0) is 37.4 Å². The van der Waals surface area contributed by atoms with Crippen LogP contribution in [0.15, 0.2) is 24.3 Å². The summed E-state index contributed by atoms with van der Waals surface area (Å²) in [5.41, 5.74) is 7.38. The Morgan fingerprint density at radius 2 is 2.13 bits per heavy atom. The Bertz CT molecular complexity index is 559. The van der Waals surface area contributed by atoms with Crippen LogP contribution in [0, 0.1) is 11.8 Å². The van der Waals surface area contributed by atoms with E-state index in [2.05, 4.69) is 10.2 Å². The molecule has 1 aliphatic rings. The van der Waals surface area contributed by atoms with Crippen LogP contribution in [0.3, 0.4) is 0 Å². The van der Waals surface area contributed by atoms with Gasteiger partial charge in [0.25, 0.3) is 0 Å². The summed E-state index contributed by atoms with van der Waals surface area (Å²) in [7, 11) is 0. The lowest BCUT2D eigenvalue weighted by atomic mass is 9.97. The van der Waals surface area contributed by atoms with Gasteiger partial charge in [0.2, 0.25) is 11.8 Å². The zero-order chi connectivity index (χ0) is 16.8. The number of carbonyl (C=O) groups is 2. The fraction of sp³-hybridized carbons (Fsp3) is 0.556. The summed E-state index contributed by atoms with van der Waals surface area (Å²) in [6.45, 7) is 6.31. The van der Waals surface area contributed by atoms with Gasteiger partial charge in [-0.1, -0.05) is 32.0 Å². The van der Waals surface area contributed by atoms with Crippen LogP contribution < -0.4 is 11.1 Å². The van der Waals surface area contributed by atoms with Crippen LogP contribution in [0.25, 0.3) is 0 Å². The predicted octanol–water partition coefficient (Wildman–Crippen LogP) is 2.37. The van der Waals surface area contributed by atoms with Crippen molar-refractivity contribution >= 4 is 17.5 Å². The second-order valence-corrected chi connectivity index (χ2v) is 6.43. The molecule has 0 spiro atoms. The molecule has 0 saturated carbocycles. The number of para-hydroxylation sites is 1. The number of carbonyl (C=O) groups excluding carboxylic acids is 2. The van der Waals surface area contributed by atoms with E-state index >= 15 is 0 Å². The summed E-state index contributed by atoms with van der Waals surface area (Å²) in [5, 5.41) is 3.03. The zero-order valence-electron chi connectivity index (χ0n) is 14.0. The molecule has 0 unspecified atom stereocenters. The molecule has 0 aromatic heterocycles. The summed E-state index contributed by atoms with van der Waals surface area (Å²) in [6, 6.07) is 7.87. The quantitative estimate of drug-likeness (QED) is 0.846. The topological polar surface area (TPSA) is 75.4 Å². The van der Waals surface area contributed by atoms with Gasteiger partial charge >= 0.3 is 0 Å². The first-order valence-electron chi connectivity index (χ1n) is 8.41. The lowest BCUT2D eigenvalue weighted by molar-refractivity contribution is -0.123. The van der Waals surface area contributed by atoms with E-state index in [9.17, 15) is 9.59 Å². The number of nitrogens with two attached hydrogens (primary N) is 1. The Kier molecular flexibility index (Phi) is 6.16. The van der Waals surface area contributed by atoms with Gasteiger partial charge in [0.05, 0.1) is 5.92 Å². The van der Waals surface area contributed by atoms with Crippen molar-refractivity contribution in [3.05, 3.63) is 29.8 Å². The van der Waals surface area contributed by atoms with Gasteiger partial charge in [-0.2, -0.15) is 0 Å². The van der Waals surface area contributed by atoms with Crippen LogP contribution in [-0.4, -0.2) is 29.8 Å². The molecule has 1 aromatic carbocycles. The summed E-state index contributed by atoms with van der Waals surface area (Å²) < 4.78 is 0. The van der Waals surface area contributed by atoms with Gasteiger partial charge in [-0.15, -0.1) is 0 Å². The molecule has 2 rings (SSSR count). The van der Waals surface area contributed by atoms with Gasteiger partial charge in [0, 0.05) is 24.7 Å². The number of nitrogens with zero attached hydrogens (tertiary/aromatic N) is 1. The molecule has 126 valence electrons. The first-order valence-corrected chi connectivity index (χ1v) is 8.41. The summed E-state index contributed by atoms with van der Waals surface area (Å²) in [4.78, 5) is 25.8. The summed E-state index contributed by atoms with van der Waals surface area (Å²) in [6.07, 6.45) is 2.67. The largest absolute Gasteiger partial charge is 0.369 e. The Labute approximate surface area is 138 Å². The highest BCUT2D eigenvalue weighted by Gasteiger charge is 2.24. The number of rotatable bonds is 6. The smallest absolute Gasteiger partial charge is 0.227 e. The van der Waals surface area contributed by atoms with Crippen LogP contribution >= 0.6 is 0 Å². The number of primary amides is 1. The number of amides is 2. The van der Waals surface area contributed by atoms with Crippen LogP contribution in [-0.2, 0) is 16.1 Å². The second-order valence-electron chi connectivity index (χ2n) is 6.43. The van der Waals surface area contributed by atoms with E-state index in [4.69, 9.17) is 5.73 Å². The molecule has 5 heteroatoms. The molecule has 0 radical (unpaired) electrons. The SMILES string of the molecule is CC[C@H](C)C(=O)Nc1ccccc1CN1CCC[C@@H](C(N)=O)C1. The Hall–Kier alpha value is -1.88. The van der Waals surface area contributed by atoms with E-state index in [-0.39, 0.29) is 23.7 Å². The second kappa shape index (κ2) is 8.11. The van der Waals surface area contributed by atoms with Gasteiger partial charge < -0.3 is 11.1 Å². The molecule has 5 nitrogen and oxygen atoms in total. The highest BCUT2D eigenvalue weighted by Crippen LogP contribution is 2.22. The molecule has 0 aliphatic carbocycles. The summed E-state index contributed by atoms with van der Waals surface area (Å²) in [5.74, 6) is -0.232. The van der Waals surface area contributed by atoms with E-state index in [0.29, 0.717) is 6.54 Å². The van der Waals surface area contributed by atoms with Gasteiger partial charge in [-0.3, -0.25) is 14.5 Å². The number of benzene rings is 1. The average Bonchev–Trinajstić information content (AvgIpc) is 2.56.